The van der Waals surface area contributed by atoms with Gasteiger partial charge in [0.15, 0.2) is 0 Å². The van der Waals surface area contributed by atoms with E-state index in [0.717, 1.165) is 4.47 Å². The molecule has 0 bridgehead atoms. The van der Waals surface area contributed by atoms with Gasteiger partial charge >= 0.3 is 0 Å². The van der Waals surface area contributed by atoms with Gasteiger partial charge in [-0.1, -0.05) is 46.3 Å². The molecule has 1 unspecified atom stereocenters. The molecule has 1 atom stereocenters. The van der Waals surface area contributed by atoms with E-state index in [0.29, 0.717) is 5.56 Å². The maximum atomic E-state index is 12.1. The molecule has 0 fully saturated rings. The van der Waals surface area contributed by atoms with Gasteiger partial charge in [-0.15, -0.1) is 0 Å². The van der Waals surface area contributed by atoms with Gasteiger partial charge in [-0.3, -0.25) is 4.84 Å². The Kier molecular flexibility index (Phi) is 4.90. The zero-order valence-electron chi connectivity index (χ0n) is 10.3. The molecule has 2 rings (SSSR count). The summed E-state index contributed by atoms with van der Waals surface area (Å²) >= 11 is 3.28. The minimum Gasteiger partial charge on any atom is -0.266 e. The molecular formula is C13H12BrNO4S. The van der Waals surface area contributed by atoms with Gasteiger partial charge < -0.3 is 0 Å². The first kappa shape index (κ1) is 15.1. The fourth-order valence-electron chi connectivity index (χ4n) is 1.53. The SMILES string of the molecule is NOC(OS(=O)(=O)c1ccccc1)c1ccc(Br)cc1. The molecule has 0 amide bonds. The monoisotopic (exact) mass is 357 g/mol. The second kappa shape index (κ2) is 6.47. The van der Waals surface area contributed by atoms with E-state index in [2.05, 4.69) is 20.8 Å². The van der Waals surface area contributed by atoms with Gasteiger partial charge in [-0.25, -0.2) is 10.1 Å². The molecule has 2 aromatic carbocycles. The van der Waals surface area contributed by atoms with Gasteiger partial charge in [0, 0.05) is 10.0 Å². The van der Waals surface area contributed by atoms with Crippen LogP contribution in [-0.2, 0) is 19.1 Å². The molecular weight excluding hydrogens is 346 g/mol. The van der Waals surface area contributed by atoms with Crippen molar-refractivity contribution in [3.05, 3.63) is 64.6 Å². The van der Waals surface area contributed by atoms with Crippen molar-refractivity contribution >= 4 is 26.0 Å². The van der Waals surface area contributed by atoms with Crippen molar-refractivity contribution in [3.63, 3.8) is 0 Å². The number of benzene rings is 2. The standard InChI is InChI=1S/C13H12BrNO4S/c14-11-8-6-10(7-9-11)13(18-15)19-20(16,17)12-4-2-1-3-5-12/h1-9,13H,15H2. The van der Waals surface area contributed by atoms with E-state index in [1.807, 2.05) is 0 Å². The molecule has 2 N–H and O–H groups in total. The molecule has 2 aromatic rings. The maximum absolute atomic E-state index is 12.1. The van der Waals surface area contributed by atoms with Crippen LogP contribution in [0.3, 0.4) is 0 Å². The molecule has 0 aromatic heterocycles. The smallest absolute Gasteiger partial charge is 0.266 e. The Bertz CT molecular complexity index is 659. The molecule has 0 saturated heterocycles. The van der Waals surface area contributed by atoms with Crippen molar-refractivity contribution in [2.24, 2.45) is 5.90 Å². The molecule has 106 valence electrons. The third-order valence-electron chi connectivity index (χ3n) is 2.51. The van der Waals surface area contributed by atoms with E-state index in [1.165, 1.54) is 12.1 Å². The molecule has 0 aliphatic carbocycles. The number of halogens is 1. The molecule has 20 heavy (non-hydrogen) atoms. The lowest BCUT2D eigenvalue weighted by atomic mass is 10.2. The summed E-state index contributed by atoms with van der Waals surface area (Å²) in [7, 11) is -3.95. The second-order valence-electron chi connectivity index (χ2n) is 3.88. The second-order valence-corrected chi connectivity index (χ2v) is 6.37. The van der Waals surface area contributed by atoms with Crippen molar-refractivity contribution in [2.45, 2.75) is 11.2 Å². The average Bonchev–Trinajstić information content (AvgIpc) is 2.47. The van der Waals surface area contributed by atoms with Crippen LogP contribution >= 0.6 is 15.9 Å². The summed E-state index contributed by atoms with van der Waals surface area (Å²) in [4.78, 5) is 4.66. The van der Waals surface area contributed by atoms with Gasteiger partial charge in [0.2, 0.25) is 6.29 Å². The first-order chi connectivity index (χ1) is 9.53. The summed E-state index contributed by atoms with van der Waals surface area (Å²) in [6.07, 6.45) is -1.20. The number of hydrogen-bond donors (Lipinski definition) is 1. The Morgan fingerprint density at radius 3 is 2.15 bits per heavy atom. The minimum atomic E-state index is -3.95. The molecule has 0 heterocycles. The molecule has 0 saturated carbocycles. The van der Waals surface area contributed by atoms with Crippen LogP contribution in [0.25, 0.3) is 0 Å². The summed E-state index contributed by atoms with van der Waals surface area (Å²) in [5.41, 5.74) is 0.496. The third kappa shape index (κ3) is 3.65. The highest BCUT2D eigenvalue weighted by Gasteiger charge is 2.23. The first-order valence-electron chi connectivity index (χ1n) is 5.62. The van der Waals surface area contributed by atoms with Gasteiger partial charge in [0.25, 0.3) is 10.1 Å². The summed E-state index contributed by atoms with van der Waals surface area (Å²) in [5, 5.41) is 0. The summed E-state index contributed by atoms with van der Waals surface area (Å²) in [5.74, 6) is 5.13. The first-order valence-corrected chi connectivity index (χ1v) is 7.82. The van der Waals surface area contributed by atoms with Gasteiger partial charge in [0.1, 0.15) is 0 Å². The van der Waals surface area contributed by atoms with Crippen LogP contribution in [0.15, 0.2) is 64.0 Å². The molecule has 0 spiro atoms. The van der Waals surface area contributed by atoms with Crippen LogP contribution in [-0.4, -0.2) is 8.42 Å². The molecule has 0 radical (unpaired) electrons. The van der Waals surface area contributed by atoms with Crippen LogP contribution in [0.4, 0.5) is 0 Å². The highest BCUT2D eigenvalue weighted by atomic mass is 79.9. The van der Waals surface area contributed by atoms with Gasteiger partial charge in [-0.2, -0.15) is 8.42 Å². The van der Waals surface area contributed by atoms with Gasteiger partial charge in [0.05, 0.1) is 4.90 Å². The summed E-state index contributed by atoms with van der Waals surface area (Å²) < 4.78 is 30.0. The highest BCUT2D eigenvalue weighted by molar-refractivity contribution is 9.10. The lowest BCUT2D eigenvalue weighted by Crippen LogP contribution is -2.17. The van der Waals surface area contributed by atoms with Crippen molar-refractivity contribution in [3.8, 4) is 0 Å². The van der Waals surface area contributed by atoms with Crippen LogP contribution in [0.5, 0.6) is 0 Å². The minimum absolute atomic E-state index is 0.0409. The predicted molar refractivity (Wildman–Crippen MR) is 76.9 cm³/mol. The number of hydrogen-bond acceptors (Lipinski definition) is 5. The van der Waals surface area contributed by atoms with E-state index < -0.39 is 16.4 Å². The summed E-state index contributed by atoms with van der Waals surface area (Å²) in [6.45, 7) is 0. The molecule has 7 heteroatoms. The van der Waals surface area contributed by atoms with Crippen LogP contribution < -0.4 is 5.90 Å². The fourth-order valence-corrected chi connectivity index (χ4v) is 2.79. The van der Waals surface area contributed by atoms with E-state index >= 15 is 0 Å². The van der Waals surface area contributed by atoms with Crippen LogP contribution in [0.1, 0.15) is 11.9 Å². The largest absolute Gasteiger partial charge is 0.299 e. The zero-order valence-corrected chi connectivity index (χ0v) is 12.7. The Morgan fingerprint density at radius 1 is 1.00 bits per heavy atom. The average molecular weight is 358 g/mol. The Labute approximate surface area is 125 Å². The maximum Gasteiger partial charge on any atom is 0.299 e. The number of rotatable bonds is 5. The summed E-state index contributed by atoms with van der Waals surface area (Å²) in [6, 6.07) is 14.6. The molecule has 0 aliphatic heterocycles. The zero-order chi connectivity index (χ0) is 14.6. The highest BCUT2D eigenvalue weighted by Crippen LogP contribution is 2.24. The lowest BCUT2D eigenvalue weighted by molar-refractivity contribution is -0.0822. The normalized spacial score (nSPS) is 13.1. The van der Waals surface area contributed by atoms with E-state index in [9.17, 15) is 8.42 Å². The molecule has 5 nitrogen and oxygen atoms in total. The molecule has 0 aliphatic rings. The topological polar surface area (TPSA) is 78.6 Å². The predicted octanol–water partition coefficient (Wildman–Crippen LogP) is 2.74. The Hall–Kier alpha value is -1.25. The van der Waals surface area contributed by atoms with Gasteiger partial charge in [-0.05, 0) is 24.3 Å². The quantitative estimate of drug-likeness (QED) is 0.505. The number of nitrogens with two attached hydrogens (primary N) is 1. The van der Waals surface area contributed by atoms with Crippen molar-refractivity contribution in [2.75, 3.05) is 0 Å². The lowest BCUT2D eigenvalue weighted by Gasteiger charge is -2.15. The Morgan fingerprint density at radius 2 is 1.60 bits per heavy atom. The van der Waals surface area contributed by atoms with E-state index in [-0.39, 0.29) is 4.90 Å². The Balaban J connectivity index is 2.24. The van der Waals surface area contributed by atoms with Crippen molar-refractivity contribution in [1.29, 1.82) is 0 Å². The van der Waals surface area contributed by atoms with E-state index in [4.69, 9.17) is 10.1 Å². The third-order valence-corrected chi connectivity index (χ3v) is 4.32. The van der Waals surface area contributed by atoms with Crippen LogP contribution in [0, 0.1) is 0 Å². The van der Waals surface area contributed by atoms with E-state index in [1.54, 1.807) is 42.5 Å². The van der Waals surface area contributed by atoms with Crippen molar-refractivity contribution in [1.82, 2.24) is 0 Å². The fraction of sp³-hybridized carbons (Fsp3) is 0.0769. The van der Waals surface area contributed by atoms with Crippen molar-refractivity contribution < 1.29 is 17.4 Å². The van der Waals surface area contributed by atoms with Crippen LogP contribution in [0.2, 0.25) is 0 Å².